The summed E-state index contributed by atoms with van der Waals surface area (Å²) < 4.78 is 0. The van der Waals surface area contributed by atoms with Gasteiger partial charge in [0.25, 0.3) is 0 Å². The van der Waals surface area contributed by atoms with E-state index in [-0.39, 0.29) is 0 Å². The fourth-order valence-electron chi connectivity index (χ4n) is 1.22. The fourth-order valence-corrected chi connectivity index (χ4v) is 1.22. The molecule has 0 fully saturated rings. The lowest BCUT2D eigenvalue weighted by atomic mass is 10.1. The molecular formula is C10H15N3O. The fraction of sp³-hybridized carbons (Fsp3) is 0.300. The molecule has 0 saturated heterocycles. The number of nitrogens with zero attached hydrogens (tertiary/aromatic N) is 1. The van der Waals surface area contributed by atoms with E-state index in [4.69, 9.17) is 11.5 Å². The smallest absolute Gasteiger partial charge is 0.211 e. The highest BCUT2D eigenvalue weighted by Crippen LogP contribution is 2.15. The van der Waals surface area contributed by atoms with Crippen molar-refractivity contribution in [2.75, 3.05) is 12.3 Å². The summed E-state index contributed by atoms with van der Waals surface area (Å²) in [5.74, 6) is 0. The highest BCUT2D eigenvalue weighted by atomic mass is 16.1. The number of nitrogens with two attached hydrogens (primary N) is 2. The molecule has 0 heterocycles. The Kier molecular flexibility index (Phi) is 3.48. The topological polar surface area (TPSA) is 72.3 Å². The molecule has 1 atom stereocenters. The molecule has 0 radical (unpaired) electrons. The van der Waals surface area contributed by atoms with E-state index in [0.717, 1.165) is 12.0 Å². The average molecular weight is 193 g/mol. The van der Waals surface area contributed by atoms with Crippen molar-refractivity contribution in [3.05, 3.63) is 29.8 Å². The molecule has 0 spiro atoms. The summed E-state index contributed by atoms with van der Waals surface area (Å²) in [6.07, 6.45) is 0.360. The van der Waals surface area contributed by atoms with Crippen molar-refractivity contribution in [2.24, 2.45) is 5.73 Å². The van der Waals surface area contributed by atoms with Gasteiger partial charge in [-0.25, -0.2) is 0 Å². The third-order valence-electron chi connectivity index (χ3n) is 2.14. The highest BCUT2D eigenvalue weighted by Gasteiger charge is 2.11. The Morgan fingerprint density at radius 3 is 2.43 bits per heavy atom. The molecule has 14 heavy (non-hydrogen) atoms. The van der Waals surface area contributed by atoms with Crippen molar-refractivity contribution < 1.29 is 4.79 Å². The summed E-state index contributed by atoms with van der Waals surface area (Å²) in [7, 11) is 0. The van der Waals surface area contributed by atoms with Crippen LogP contribution in [0.15, 0.2) is 24.3 Å². The van der Waals surface area contributed by atoms with Crippen molar-refractivity contribution in [1.29, 1.82) is 0 Å². The molecule has 0 aromatic heterocycles. The van der Waals surface area contributed by atoms with Gasteiger partial charge < -0.3 is 16.4 Å². The lowest BCUT2D eigenvalue weighted by molar-refractivity contribution is -0.120. The molecule has 4 N–H and O–H groups in total. The SMILES string of the molecule is CCN(C=O)C(N)c1ccc(N)cc1. The summed E-state index contributed by atoms with van der Waals surface area (Å²) in [6.45, 7) is 2.47. The molecule has 1 unspecified atom stereocenters. The van der Waals surface area contributed by atoms with Crippen LogP contribution in [-0.4, -0.2) is 17.9 Å². The maximum Gasteiger partial charge on any atom is 0.211 e. The van der Waals surface area contributed by atoms with Crippen LogP contribution in [0.3, 0.4) is 0 Å². The number of carbonyl (C=O) groups excluding carboxylic acids is 1. The van der Waals surface area contributed by atoms with Crippen LogP contribution in [0.5, 0.6) is 0 Å². The number of hydrogen-bond donors (Lipinski definition) is 2. The van der Waals surface area contributed by atoms with Gasteiger partial charge in [-0.1, -0.05) is 12.1 Å². The molecule has 0 bridgehead atoms. The molecule has 0 aliphatic rings. The van der Waals surface area contributed by atoms with Crippen LogP contribution in [0.25, 0.3) is 0 Å². The quantitative estimate of drug-likeness (QED) is 0.420. The zero-order valence-electron chi connectivity index (χ0n) is 8.18. The van der Waals surface area contributed by atoms with Gasteiger partial charge in [0.05, 0.1) is 0 Å². The normalized spacial score (nSPS) is 12.1. The Balaban J connectivity index is 2.82. The maximum absolute atomic E-state index is 10.6. The largest absolute Gasteiger partial charge is 0.399 e. The lowest BCUT2D eigenvalue weighted by Crippen LogP contribution is -2.33. The molecule has 4 heteroatoms. The molecule has 1 amide bonds. The van der Waals surface area contributed by atoms with Gasteiger partial charge in [-0.2, -0.15) is 0 Å². The summed E-state index contributed by atoms with van der Waals surface area (Å²) >= 11 is 0. The van der Waals surface area contributed by atoms with Crippen LogP contribution < -0.4 is 11.5 Å². The van der Waals surface area contributed by atoms with Gasteiger partial charge in [0.1, 0.15) is 6.17 Å². The number of rotatable bonds is 4. The third kappa shape index (κ3) is 2.23. The van der Waals surface area contributed by atoms with E-state index < -0.39 is 6.17 Å². The Labute approximate surface area is 83.5 Å². The van der Waals surface area contributed by atoms with Gasteiger partial charge in [-0.15, -0.1) is 0 Å². The zero-order valence-corrected chi connectivity index (χ0v) is 8.18. The van der Waals surface area contributed by atoms with Gasteiger partial charge >= 0.3 is 0 Å². The van der Waals surface area contributed by atoms with Crippen molar-refractivity contribution in [3.8, 4) is 0 Å². The van der Waals surface area contributed by atoms with Gasteiger partial charge in [0.15, 0.2) is 0 Å². The first kappa shape index (κ1) is 10.5. The highest BCUT2D eigenvalue weighted by molar-refractivity contribution is 5.49. The van der Waals surface area contributed by atoms with Crippen molar-refractivity contribution >= 4 is 12.1 Å². The Morgan fingerprint density at radius 2 is 2.00 bits per heavy atom. The molecular weight excluding hydrogens is 178 g/mol. The number of hydrogen-bond acceptors (Lipinski definition) is 3. The van der Waals surface area contributed by atoms with E-state index >= 15 is 0 Å². The second-order valence-electron chi connectivity index (χ2n) is 3.05. The van der Waals surface area contributed by atoms with Crippen molar-refractivity contribution in [1.82, 2.24) is 4.90 Å². The van der Waals surface area contributed by atoms with Crippen LogP contribution in [0.2, 0.25) is 0 Å². The van der Waals surface area contributed by atoms with Crippen LogP contribution in [0.4, 0.5) is 5.69 Å². The number of benzene rings is 1. The van der Waals surface area contributed by atoms with Gasteiger partial charge in [0, 0.05) is 12.2 Å². The lowest BCUT2D eigenvalue weighted by Gasteiger charge is -2.23. The van der Waals surface area contributed by atoms with E-state index in [1.807, 2.05) is 19.1 Å². The van der Waals surface area contributed by atoms with Crippen LogP contribution in [-0.2, 0) is 4.79 Å². The standard InChI is InChI=1S/C10H15N3O/c1-2-13(7-14)10(12)8-3-5-9(11)6-4-8/h3-7,10H,2,11-12H2,1H3. The second kappa shape index (κ2) is 4.62. The summed E-state index contributed by atoms with van der Waals surface area (Å²) in [6, 6.07) is 7.19. The molecule has 1 rings (SSSR count). The van der Waals surface area contributed by atoms with Crippen LogP contribution >= 0.6 is 0 Å². The Bertz CT molecular complexity index is 297. The first-order valence-electron chi connectivity index (χ1n) is 4.51. The average Bonchev–Trinajstić information content (AvgIpc) is 2.20. The van der Waals surface area contributed by atoms with E-state index in [9.17, 15) is 4.79 Å². The number of amides is 1. The molecule has 4 nitrogen and oxygen atoms in total. The second-order valence-corrected chi connectivity index (χ2v) is 3.05. The molecule has 0 aliphatic carbocycles. The predicted octanol–water partition coefficient (Wildman–Crippen LogP) is 0.704. The summed E-state index contributed by atoms with van der Waals surface area (Å²) in [5, 5.41) is 0. The minimum Gasteiger partial charge on any atom is -0.399 e. The minimum atomic E-state index is -0.391. The number of carbonyl (C=O) groups is 1. The number of nitrogen functional groups attached to an aromatic ring is 1. The Morgan fingerprint density at radius 1 is 1.43 bits per heavy atom. The van der Waals surface area contributed by atoms with Crippen LogP contribution in [0, 0.1) is 0 Å². The molecule has 76 valence electrons. The number of anilines is 1. The monoisotopic (exact) mass is 193 g/mol. The maximum atomic E-state index is 10.6. The molecule has 1 aromatic rings. The predicted molar refractivity (Wildman–Crippen MR) is 56.2 cm³/mol. The first-order valence-corrected chi connectivity index (χ1v) is 4.51. The van der Waals surface area contributed by atoms with Crippen molar-refractivity contribution in [3.63, 3.8) is 0 Å². The van der Waals surface area contributed by atoms with E-state index in [2.05, 4.69) is 0 Å². The molecule has 1 aromatic carbocycles. The van der Waals surface area contributed by atoms with Gasteiger partial charge in [-0.3, -0.25) is 4.79 Å². The molecule has 0 saturated carbocycles. The van der Waals surface area contributed by atoms with E-state index in [1.54, 1.807) is 12.1 Å². The zero-order chi connectivity index (χ0) is 10.6. The van der Waals surface area contributed by atoms with Crippen molar-refractivity contribution in [2.45, 2.75) is 13.1 Å². The van der Waals surface area contributed by atoms with Gasteiger partial charge in [0.2, 0.25) is 6.41 Å². The van der Waals surface area contributed by atoms with Gasteiger partial charge in [-0.05, 0) is 24.6 Å². The third-order valence-corrected chi connectivity index (χ3v) is 2.14. The summed E-state index contributed by atoms with van der Waals surface area (Å²) in [4.78, 5) is 12.2. The first-order chi connectivity index (χ1) is 6.69. The minimum absolute atomic E-state index is 0.391. The Hall–Kier alpha value is -1.55. The summed E-state index contributed by atoms with van der Waals surface area (Å²) in [5.41, 5.74) is 13.0. The van der Waals surface area contributed by atoms with E-state index in [0.29, 0.717) is 12.2 Å². The molecule has 0 aliphatic heterocycles. The van der Waals surface area contributed by atoms with Crippen LogP contribution in [0.1, 0.15) is 18.7 Å². The van der Waals surface area contributed by atoms with E-state index in [1.165, 1.54) is 4.90 Å².